The van der Waals surface area contributed by atoms with Crippen molar-refractivity contribution in [3.8, 4) is 0 Å². The van der Waals surface area contributed by atoms with Gasteiger partial charge in [-0.3, -0.25) is 4.79 Å². The van der Waals surface area contributed by atoms with Crippen molar-refractivity contribution in [1.82, 2.24) is 9.97 Å². The van der Waals surface area contributed by atoms with Crippen molar-refractivity contribution in [2.45, 2.75) is 12.8 Å². The van der Waals surface area contributed by atoms with Gasteiger partial charge in [-0.1, -0.05) is 25.1 Å². The molecule has 1 amide bonds. The highest BCUT2D eigenvalue weighted by Crippen LogP contribution is 2.35. The monoisotopic (exact) mass is 243 g/mol. The number of imidazole rings is 1. The molecule has 1 aliphatic rings. The number of nitrogens with one attached hydrogen (secondary N) is 2. The maximum atomic E-state index is 12.3. The van der Waals surface area contributed by atoms with E-state index in [1.807, 2.05) is 31.2 Å². The molecule has 92 valence electrons. The molecule has 1 atom stereocenters. The lowest BCUT2D eigenvalue weighted by atomic mass is 9.96. The second-order valence-corrected chi connectivity index (χ2v) is 4.51. The van der Waals surface area contributed by atoms with Gasteiger partial charge in [0.05, 0.1) is 5.69 Å². The lowest BCUT2D eigenvalue weighted by molar-refractivity contribution is 0.0988. The van der Waals surface area contributed by atoms with Crippen molar-refractivity contribution in [3.05, 3.63) is 51.7 Å². The SMILES string of the molecule is CC1c2ccccc2N(C)C(=O)c2[nH]c(=O)[nH]c21. The zero-order chi connectivity index (χ0) is 12.9. The van der Waals surface area contributed by atoms with Crippen LogP contribution >= 0.6 is 0 Å². The molecule has 0 radical (unpaired) electrons. The molecule has 5 nitrogen and oxygen atoms in total. The summed E-state index contributed by atoms with van der Waals surface area (Å²) in [6.45, 7) is 1.98. The van der Waals surface area contributed by atoms with Crippen LogP contribution < -0.4 is 10.6 Å². The summed E-state index contributed by atoms with van der Waals surface area (Å²) >= 11 is 0. The summed E-state index contributed by atoms with van der Waals surface area (Å²) in [6, 6.07) is 7.72. The standard InChI is InChI=1S/C13H13N3O2/c1-7-8-5-3-4-6-9(8)16(2)12(17)11-10(7)14-13(18)15-11/h3-7H,1-2H3,(H2,14,15,18). The van der Waals surface area contributed by atoms with Crippen LogP contribution in [0.4, 0.5) is 5.69 Å². The van der Waals surface area contributed by atoms with Gasteiger partial charge >= 0.3 is 5.69 Å². The zero-order valence-corrected chi connectivity index (χ0v) is 10.2. The summed E-state index contributed by atoms with van der Waals surface area (Å²) in [5.41, 5.74) is 2.57. The van der Waals surface area contributed by atoms with Crippen molar-refractivity contribution in [1.29, 1.82) is 0 Å². The molecular weight excluding hydrogens is 230 g/mol. The molecule has 5 heteroatoms. The fourth-order valence-corrected chi connectivity index (χ4v) is 2.48. The van der Waals surface area contributed by atoms with E-state index in [0.29, 0.717) is 11.4 Å². The Bertz CT molecular complexity index is 684. The predicted octanol–water partition coefficient (Wildman–Crippen LogP) is 1.44. The minimum atomic E-state index is -0.340. The predicted molar refractivity (Wildman–Crippen MR) is 68.1 cm³/mol. The first-order chi connectivity index (χ1) is 8.59. The van der Waals surface area contributed by atoms with Crippen LogP contribution in [0.2, 0.25) is 0 Å². The van der Waals surface area contributed by atoms with Crippen LogP contribution in [0.25, 0.3) is 0 Å². The summed E-state index contributed by atoms with van der Waals surface area (Å²) in [5.74, 6) is -0.218. The summed E-state index contributed by atoms with van der Waals surface area (Å²) in [7, 11) is 1.72. The van der Waals surface area contributed by atoms with Crippen LogP contribution in [0.15, 0.2) is 29.1 Å². The third-order valence-corrected chi connectivity index (χ3v) is 3.47. The summed E-state index contributed by atoms with van der Waals surface area (Å²) in [6.07, 6.45) is 0. The Balaban J connectivity index is 2.33. The Labute approximate surface area is 103 Å². The maximum absolute atomic E-state index is 12.3. The van der Waals surface area contributed by atoms with Crippen molar-refractivity contribution in [2.75, 3.05) is 11.9 Å². The zero-order valence-electron chi connectivity index (χ0n) is 10.2. The number of para-hydroxylation sites is 1. The van der Waals surface area contributed by atoms with E-state index < -0.39 is 0 Å². The van der Waals surface area contributed by atoms with Crippen LogP contribution in [0, 0.1) is 0 Å². The third-order valence-electron chi connectivity index (χ3n) is 3.47. The fraction of sp³-hybridized carbons (Fsp3) is 0.231. The van der Waals surface area contributed by atoms with E-state index in [0.717, 1.165) is 11.3 Å². The minimum absolute atomic E-state index is 0.0240. The van der Waals surface area contributed by atoms with Crippen molar-refractivity contribution in [2.24, 2.45) is 0 Å². The Hall–Kier alpha value is -2.30. The molecule has 0 aliphatic carbocycles. The molecule has 1 aromatic carbocycles. The molecule has 0 fully saturated rings. The minimum Gasteiger partial charge on any atom is -0.310 e. The number of benzene rings is 1. The van der Waals surface area contributed by atoms with Gasteiger partial charge in [0.2, 0.25) is 0 Å². The lowest BCUT2D eigenvalue weighted by Crippen LogP contribution is -2.26. The van der Waals surface area contributed by atoms with Crippen LogP contribution in [0.3, 0.4) is 0 Å². The normalized spacial score (nSPS) is 18.2. The van der Waals surface area contributed by atoms with Crippen LogP contribution in [-0.2, 0) is 0 Å². The number of nitrogens with zero attached hydrogens (tertiary/aromatic N) is 1. The number of fused-ring (bicyclic) bond motifs is 2. The van der Waals surface area contributed by atoms with Crippen molar-refractivity contribution >= 4 is 11.6 Å². The van der Waals surface area contributed by atoms with Gasteiger partial charge in [-0.25, -0.2) is 4.79 Å². The first-order valence-electron chi connectivity index (χ1n) is 5.78. The maximum Gasteiger partial charge on any atom is 0.323 e. The molecule has 1 aromatic heterocycles. The second-order valence-electron chi connectivity index (χ2n) is 4.51. The first-order valence-corrected chi connectivity index (χ1v) is 5.78. The van der Waals surface area contributed by atoms with E-state index in [1.165, 1.54) is 0 Å². The van der Waals surface area contributed by atoms with E-state index in [2.05, 4.69) is 9.97 Å². The van der Waals surface area contributed by atoms with Gasteiger partial charge in [0.15, 0.2) is 0 Å². The molecule has 0 saturated heterocycles. The largest absolute Gasteiger partial charge is 0.323 e. The average molecular weight is 243 g/mol. The number of amides is 1. The van der Waals surface area contributed by atoms with Gasteiger partial charge in [-0.2, -0.15) is 0 Å². The smallest absolute Gasteiger partial charge is 0.310 e. The lowest BCUT2D eigenvalue weighted by Gasteiger charge is -2.18. The Morgan fingerprint density at radius 1 is 1.17 bits per heavy atom. The van der Waals surface area contributed by atoms with E-state index in [9.17, 15) is 9.59 Å². The Morgan fingerprint density at radius 2 is 1.89 bits per heavy atom. The van der Waals surface area contributed by atoms with Crippen LogP contribution in [0.1, 0.15) is 34.6 Å². The number of H-pyrrole nitrogens is 2. The third kappa shape index (κ3) is 1.33. The number of hydrogen-bond acceptors (Lipinski definition) is 2. The molecule has 2 N–H and O–H groups in total. The topological polar surface area (TPSA) is 69.0 Å². The van der Waals surface area contributed by atoms with E-state index in [-0.39, 0.29) is 17.5 Å². The number of hydrogen-bond donors (Lipinski definition) is 2. The molecule has 2 aromatic rings. The highest BCUT2D eigenvalue weighted by Gasteiger charge is 2.30. The molecule has 0 spiro atoms. The second kappa shape index (κ2) is 3.60. The summed E-state index contributed by atoms with van der Waals surface area (Å²) in [5, 5.41) is 0. The quantitative estimate of drug-likeness (QED) is 0.735. The molecule has 0 saturated carbocycles. The van der Waals surface area contributed by atoms with E-state index in [4.69, 9.17) is 0 Å². The number of aromatic nitrogens is 2. The van der Waals surface area contributed by atoms with Crippen molar-refractivity contribution < 1.29 is 4.79 Å². The Kier molecular flexibility index (Phi) is 2.16. The number of carbonyl (C=O) groups is 1. The molecule has 0 bridgehead atoms. The van der Waals surface area contributed by atoms with E-state index in [1.54, 1.807) is 11.9 Å². The van der Waals surface area contributed by atoms with Gasteiger partial charge in [0, 0.05) is 18.7 Å². The fourth-order valence-electron chi connectivity index (χ4n) is 2.48. The summed E-state index contributed by atoms with van der Waals surface area (Å²) in [4.78, 5) is 30.6. The Morgan fingerprint density at radius 3 is 2.67 bits per heavy atom. The number of carbonyl (C=O) groups excluding carboxylic acids is 1. The summed E-state index contributed by atoms with van der Waals surface area (Å²) < 4.78 is 0. The molecule has 2 heterocycles. The highest BCUT2D eigenvalue weighted by atomic mass is 16.2. The first kappa shape index (κ1) is 10.8. The van der Waals surface area contributed by atoms with Gasteiger partial charge in [-0.15, -0.1) is 0 Å². The molecular formula is C13H13N3O2. The van der Waals surface area contributed by atoms with Gasteiger partial charge < -0.3 is 14.9 Å². The number of aromatic amines is 2. The van der Waals surface area contributed by atoms with Gasteiger partial charge in [0.1, 0.15) is 5.69 Å². The number of anilines is 1. The average Bonchev–Trinajstić information content (AvgIpc) is 2.75. The molecule has 3 rings (SSSR count). The van der Waals surface area contributed by atoms with E-state index >= 15 is 0 Å². The van der Waals surface area contributed by atoms with Crippen molar-refractivity contribution in [3.63, 3.8) is 0 Å². The van der Waals surface area contributed by atoms with Gasteiger partial charge in [-0.05, 0) is 11.6 Å². The number of rotatable bonds is 0. The van der Waals surface area contributed by atoms with Gasteiger partial charge in [0.25, 0.3) is 5.91 Å². The molecule has 18 heavy (non-hydrogen) atoms. The van der Waals surface area contributed by atoms with Crippen LogP contribution in [-0.4, -0.2) is 22.9 Å². The highest BCUT2D eigenvalue weighted by molar-refractivity contribution is 6.06. The van der Waals surface area contributed by atoms with Crippen LogP contribution in [0.5, 0.6) is 0 Å². The molecule has 1 aliphatic heterocycles. The molecule has 1 unspecified atom stereocenters.